The molecule has 1 aliphatic heterocycles. The topological polar surface area (TPSA) is 132 Å². The Balaban J connectivity index is 1.09. The zero-order chi connectivity index (χ0) is 34.2. The van der Waals surface area contributed by atoms with Crippen molar-refractivity contribution in [1.82, 2.24) is 39.3 Å². The molecule has 0 atom stereocenters. The van der Waals surface area contributed by atoms with Gasteiger partial charge in [-0.05, 0) is 56.4 Å². The fraction of sp³-hybridized carbons (Fsp3) is 0.400. The van der Waals surface area contributed by atoms with Crippen LogP contribution in [0.4, 0.5) is 4.79 Å². The molecule has 1 aliphatic rings. The molecule has 5 aromatic rings. The molecule has 1 saturated heterocycles. The number of amides is 1. The van der Waals surface area contributed by atoms with Gasteiger partial charge in [-0.1, -0.05) is 48.0 Å². The van der Waals surface area contributed by atoms with Crippen molar-refractivity contribution in [3.05, 3.63) is 87.7 Å². The molecule has 1 fully saturated rings. The number of benzene rings is 2. The Morgan fingerprint density at radius 3 is 2.40 bits per heavy atom. The molecule has 0 aliphatic carbocycles. The van der Waals surface area contributed by atoms with Gasteiger partial charge in [-0.25, -0.2) is 9.78 Å². The van der Waals surface area contributed by atoms with E-state index in [2.05, 4.69) is 31.5 Å². The van der Waals surface area contributed by atoms with E-state index in [1.54, 1.807) is 16.4 Å². The van der Waals surface area contributed by atoms with Crippen molar-refractivity contribution in [2.75, 3.05) is 13.1 Å². The fourth-order valence-corrected chi connectivity index (χ4v) is 6.31. The van der Waals surface area contributed by atoms with Gasteiger partial charge in [0.1, 0.15) is 11.1 Å². The Morgan fingerprint density at radius 1 is 1.04 bits per heavy atom. The summed E-state index contributed by atoms with van der Waals surface area (Å²) < 4.78 is 10.2. The van der Waals surface area contributed by atoms with E-state index >= 15 is 0 Å². The molecule has 4 heterocycles. The van der Waals surface area contributed by atoms with Crippen molar-refractivity contribution in [2.24, 2.45) is 14.1 Å². The van der Waals surface area contributed by atoms with E-state index in [0.717, 1.165) is 27.8 Å². The van der Waals surface area contributed by atoms with Crippen LogP contribution < -0.4 is 10.9 Å². The zero-order valence-corrected chi connectivity index (χ0v) is 28.7. The molecular formula is C35H41ClN8O4. The second kappa shape index (κ2) is 13.2. The number of fused-ring (bicyclic) bond motifs is 1. The third kappa shape index (κ3) is 7.46. The minimum absolute atomic E-state index is 0.133. The highest BCUT2D eigenvalue weighted by atomic mass is 35.5. The predicted octanol–water partition coefficient (Wildman–Crippen LogP) is 4.90. The van der Waals surface area contributed by atoms with Gasteiger partial charge in [0, 0.05) is 62.6 Å². The Kier molecular flexibility index (Phi) is 9.16. The van der Waals surface area contributed by atoms with Crippen LogP contribution in [-0.2, 0) is 38.5 Å². The minimum Gasteiger partial charge on any atom is -0.444 e. The molecule has 13 heteroatoms. The van der Waals surface area contributed by atoms with Crippen LogP contribution in [0.2, 0.25) is 5.02 Å². The van der Waals surface area contributed by atoms with Crippen molar-refractivity contribution in [2.45, 2.75) is 64.4 Å². The zero-order valence-electron chi connectivity index (χ0n) is 27.9. The lowest BCUT2D eigenvalue weighted by atomic mass is 9.91. The lowest BCUT2D eigenvalue weighted by Gasteiger charge is -2.38. The maximum absolute atomic E-state index is 13.6. The second-order valence-electron chi connectivity index (χ2n) is 13.6. The van der Waals surface area contributed by atoms with Gasteiger partial charge in [0.15, 0.2) is 5.52 Å². The van der Waals surface area contributed by atoms with Crippen LogP contribution in [-0.4, -0.2) is 69.5 Å². The standard InChI is InChI=1S/C35H41ClN8O4/c1-34(2,3)48-33(46)37-17-23-6-8-24(9-7-23)31-29-30(40-42(31)5)32(45)44(22-38-29)21-35(47)12-14-43(15-13-35)20-26-11-10-25(16-28(26)36)27-18-39-41(4)19-27/h6-11,16,18-19,22,47H,12-15,17,20-21H2,1-5H3,(H,37,46). The molecule has 0 saturated carbocycles. The van der Waals surface area contributed by atoms with E-state index in [1.807, 2.05) is 76.6 Å². The van der Waals surface area contributed by atoms with Crippen LogP contribution >= 0.6 is 11.6 Å². The van der Waals surface area contributed by atoms with E-state index in [4.69, 9.17) is 16.3 Å². The third-order valence-corrected chi connectivity index (χ3v) is 8.96. The van der Waals surface area contributed by atoms with Gasteiger partial charge in [-0.15, -0.1) is 0 Å². The molecule has 1 amide bonds. The smallest absolute Gasteiger partial charge is 0.407 e. The van der Waals surface area contributed by atoms with Crippen molar-refractivity contribution < 1.29 is 14.6 Å². The van der Waals surface area contributed by atoms with Crippen molar-refractivity contribution in [1.29, 1.82) is 0 Å². The van der Waals surface area contributed by atoms with Crippen LogP contribution in [0, 0.1) is 0 Å². The van der Waals surface area contributed by atoms with Gasteiger partial charge >= 0.3 is 6.09 Å². The average molecular weight is 673 g/mol. The van der Waals surface area contributed by atoms with Crippen LogP contribution in [0.15, 0.2) is 66.0 Å². The first-order valence-electron chi connectivity index (χ1n) is 16.0. The quantitative estimate of drug-likeness (QED) is 0.238. The van der Waals surface area contributed by atoms with Gasteiger partial charge in [0.2, 0.25) is 0 Å². The third-order valence-electron chi connectivity index (χ3n) is 8.61. The van der Waals surface area contributed by atoms with Gasteiger partial charge in [-0.2, -0.15) is 10.2 Å². The number of nitrogens with zero attached hydrogens (tertiary/aromatic N) is 7. The summed E-state index contributed by atoms with van der Waals surface area (Å²) in [4.78, 5) is 32.5. The Labute approximate surface area is 283 Å². The monoisotopic (exact) mass is 672 g/mol. The number of aliphatic hydroxyl groups is 1. The maximum Gasteiger partial charge on any atom is 0.407 e. The van der Waals surface area contributed by atoms with E-state index in [9.17, 15) is 14.7 Å². The molecule has 48 heavy (non-hydrogen) atoms. The van der Waals surface area contributed by atoms with E-state index in [-0.39, 0.29) is 17.6 Å². The highest BCUT2D eigenvalue weighted by Gasteiger charge is 2.33. The lowest BCUT2D eigenvalue weighted by Crippen LogP contribution is -2.47. The summed E-state index contributed by atoms with van der Waals surface area (Å²) in [6.45, 7) is 7.91. The molecule has 2 aromatic carbocycles. The van der Waals surface area contributed by atoms with Crippen LogP contribution in [0.5, 0.6) is 0 Å². The van der Waals surface area contributed by atoms with Gasteiger partial charge in [0.25, 0.3) is 5.56 Å². The molecule has 0 unspecified atom stereocenters. The number of aryl methyl sites for hydroxylation is 2. The number of ether oxygens (including phenoxy) is 1. The molecule has 12 nitrogen and oxygen atoms in total. The summed E-state index contributed by atoms with van der Waals surface area (Å²) in [7, 11) is 3.66. The van der Waals surface area contributed by atoms with Crippen LogP contribution in [0.3, 0.4) is 0 Å². The van der Waals surface area contributed by atoms with Gasteiger partial charge in [-0.3, -0.25) is 23.6 Å². The average Bonchev–Trinajstić information content (AvgIpc) is 3.62. The normalized spacial score (nSPS) is 15.1. The van der Waals surface area contributed by atoms with Crippen LogP contribution in [0.25, 0.3) is 33.4 Å². The number of piperidine rings is 1. The van der Waals surface area contributed by atoms with Crippen molar-refractivity contribution in [3.8, 4) is 22.4 Å². The second-order valence-corrected chi connectivity index (χ2v) is 14.0. The lowest BCUT2D eigenvalue weighted by molar-refractivity contribution is -0.0364. The number of aromatic nitrogens is 6. The molecule has 6 rings (SSSR count). The molecular weight excluding hydrogens is 632 g/mol. The first-order chi connectivity index (χ1) is 22.8. The maximum atomic E-state index is 13.6. The Morgan fingerprint density at radius 2 is 1.75 bits per heavy atom. The number of rotatable bonds is 8. The molecule has 3 aromatic heterocycles. The number of carbonyl (C=O) groups excluding carboxylic acids is 1. The Bertz CT molecular complexity index is 2000. The van der Waals surface area contributed by atoms with Crippen LogP contribution in [0.1, 0.15) is 44.7 Å². The largest absolute Gasteiger partial charge is 0.444 e. The molecule has 252 valence electrons. The first kappa shape index (κ1) is 33.4. The fourth-order valence-electron chi connectivity index (χ4n) is 6.07. The summed E-state index contributed by atoms with van der Waals surface area (Å²) >= 11 is 6.66. The molecule has 0 bridgehead atoms. The molecule has 0 spiro atoms. The van der Waals surface area contributed by atoms with E-state index in [0.29, 0.717) is 55.3 Å². The highest BCUT2D eigenvalue weighted by Crippen LogP contribution is 2.30. The SMILES string of the molecule is Cn1cc(-c2ccc(CN3CCC(O)(Cn4cnc5c(-c6ccc(CNC(=O)OC(C)(C)C)cc6)n(C)nc5c4=O)CC3)c(Cl)c2)cn1. The number of likely N-dealkylation sites (tertiary alicyclic amines) is 1. The Hall–Kier alpha value is -4.52. The summed E-state index contributed by atoms with van der Waals surface area (Å²) in [6, 6.07) is 13.7. The van der Waals surface area contributed by atoms with Crippen molar-refractivity contribution in [3.63, 3.8) is 0 Å². The van der Waals surface area contributed by atoms with Gasteiger partial charge < -0.3 is 15.2 Å². The van der Waals surface area contributed by atoms with Crippen molar-refractivity contribution >= 4 is 28.7 Å². The number of hydrogen-bond acceptors (Lipinski definition) is 8. The number of nitrogens with one attached hydrogen (secondary N) is 1. The summed E-state index contributed by atoms with van der Waals surface area (Å²) in [5.41, 5.74) is 4.32. The van der Waals surface area contributed by atoms with E-state index < -0.39 is 17.3 Å². The number of halogens is 1. The van der Waals surface area contributed by atoms with Gasteiger partial charge in [0.05, 0.1) is 30.4 Å². The number of carbonyl (C=O) groups is 1. The highest BCUT2D eigenvalue weighted by molar-refractivity contribution is 6.31. The summed E-state index contributed by atoms with van der Waals surface area (Å²) in [5, 5.41) is 23.7. The molecule has 2 N–H and O–H groups in total. The first-order valence-corrected chi connectivity index (χ1v) is 16.4. The minimum atomic E-state index is -1.05. The summed E-state index contributed by atoms with van der Waals surface area (Å²) in [6.07, 6.45) is 5.81. The number of alkyl carbamates (subject to hydrolysis) is 1. The summed E-state index contributed by atoms with van der Waals surface area (Å²) in [5.74, 6) is 0. The van der Waals surface area contributed by atoms with E-state index in [1.165, 1.54) is 10.9 Å². The molecule has 0 radical (unpaired) electrons. The predicted molar refractivity (Wildman–Crippen MR) is 184 cm³/mol. The number of hydrogen-bond donors (Lipinski definition) is 2.